The highest BCUT2D eigenvalue weighted by molar-refractivity contribution is 5.96. The molecule has 3 aromatic carbocycles. The van der Waals surface area contributed by atoms with Gasteiger partial charge in [0.2, 0.25) is 5.91 Å². The molecule has 164 valence electrons. The van der Waals surface area contributed by atoms with E-state index >= 15 is 0 Å². The molecule has 0 aliphatic carbocycles. The third-order valence-electron chi connectivity index (χ3n) is 5.85. The van der Waals surface area contributed by atoms with E-state index in [4.69, 9.17) is 0 Å². The van der Waals surface area contributed by atoms with E-state index in [1.807, 2.05) is 74.5 Å². The van der Waals surface area contributed by atoms with Gasteiger partial charge in [-0.3, -0.25) is 9.59 Å². The van der Waals surface area contributed by atoms with Gasteiger partial charge in [-0.1, -0.05) is 67.6 Å². The van der Waals surface area contributed by atoms with Gasteiger partial charge in [0.05, 0.1) is 5.69 Å². The van der Waals surface area contributed by atoms with Crippen LogP contribution in [-0.2, 0) is 17.8 Å². The van der Waals surface area contributed by atoms with E-state index in [-0.39, 0.29) is 18.0 Å². The maximum atomic E-state index is 13.1. The van der Waals surface area contributed by atoms with Gasteiger partial charge in [-0.2, -0.15) is 10.2 Å². The van der Waals surface area contributed by atoms with Crippen molar-refractivity contribution in [1.29, 1.82) is 0 Å². The first kappa shape index (κ1) is 20.6. The van der Waals surface area contributed by atoms with Crippen LogP contribution < -0.4 is 10.9 Å². The molecule has 5 rings (SSSR count). The third-order valence-corrected chi connectivity index (χ3v) is 5.85. The van der Waals surface area contributed by atoms with E-state index in [2.05, 4.69) is 15.5 Å². The zero-order chi connectivity index (χ0) is 22.9. The first-order chi connectivity index (χ1) is 16.0. The van der Waals surface area contributed by atoms with Crippen LogP contribution in [0.15, 0.2) is 77.9 Å². The number of fused-ring (bicyclic) bond motifs is 2. The summed E-state index contributed by atoms with van der Waals surface area (Å²) in [5.41, 5.74) is 4.44. The summed E-state index contributed by atoms with van der Waals surface area (Å²) in [5.74, 6) is -0.299. The van der Waals surface area contributed by atoms with Crippen molar-refractivity contribution in [3.05, 3.63) is 94.5 Å². The molecule has 0 saturated heterocycles. The minimum atomic E-state index is -0.368. The van der Waals surface area contributed by atoms with Crippen molar-refractivity contribution in [3.8, 4) is 11.3 Å². The van der Waals surface area contributed by atoms with Crippen molar-refractivity contribution >= 4 is 27.9 Å². The minimum Gasteiger partial charge on any atom is -0.324 e. The number of hydrogen-bond donors (Lipinski definition) is 1. The zero-order valence-electron chi connectivity index (χ0n) is 18.4. The highest BCUT2D eigenvalue weighted by Gasteiger charge is 2.15. The number of hydrogen-bond acceptors (Lipinski definition) is 4. The molecule has 5 aromatic rings. The van der Waals surface area contributed by atoms with E-state index in [0.717, 1.165) is 39.6 Å². The monoisotopic (exact) mass is 437 g/mol. The number of nitrogens with zero attached hydrogens (tertiary/aromatic N) is 4. The summed E-state index contributed by atoms with van der Waals surface area (Å²) in [6.45, 7) is 3.81. The summed E-state index contributed by atoms with van der Waals surface area (Å²) in [6.07, 6.45) is 2.26. The van der Waals surface area contributed by atoms with Crippen LogP contribution >= 0.6 is 0 Å². The van der Waals surface area contributed by atoms with Crippen molar-refractivity contribution in [2.75, 3.05) is 5.32 Å². The molecule has 1 amide bonds. The normalized spacial score (nSPS) is 11.2. The third kappa shape index (κ3) is 3.78. The molecule has 0 saturated carbocycles. The van der Waals surface area contributed by atoms with Gasteiger partial charge >= 0.3 is 0 Å². The van der Waals surface area contributed by atoms with Crippen LogP contribution in [0.2, 0.25) is 0 Å². The second-order valence-electron chi connectivity index (χ2n) is 7.99. The summed E-state index contributed by atoms with van der Waals surface area (Å²) in [5, 5.41) is 13.8. The summed E-state index contributed by atoms with van der Waals surface area (Å²) < 4.78 is 2.63. The van der Waals surface area contributed by atoms with E-state index in [1.54, 1.807) is 6.07 Å². The molecule has 7 heteroatoms. The van der Waals surface area contributed by atoms with Crippen molar-refractivity contribution < 1.29 is 4.79 Å². The van der Waals surface area contributed by atoms with E-state index < -0.39 is 0 Å². The number of benzene rings is 3. The number of aromatic nitrogens is 4. The minimum absolute atomic E-state index is 0.179. The van der Waals surface area contributed by atoms with Crippen molar-refractivity contribution in [1.82, 2.24) is 19.4 Å². The average molecular weight is 438 g/mol. The molecule has 2 heterocycles. The number of aryl methyl sites for hydroxylation is 2. The van der Waals surface area contributed by atoms with Crippen molar-refractivity contribution in [2.45, 2.75) is 26.8 Å². The summed E-state index contributed by atoms with van der Waals surface area (Å²) >= 11 is 0. The summed E-state index contributed by atoms with van der Waals surface area (Å²) in [7, 11) is 0. The molecule has 7 nitrogen and oxygen atoms in total. The van der Waals surface area contributed by atoms with Gasteiger partial charge in [-0.15, -0.1) is 0 Å². The van der Waals surface area contributed by atoms with Crippen molar-refractivity contribution in [3.63, 3.8) is 0 Å². The Morgan fingerprint density at radius 1 is 1.03 bits per heavy atom. The van der Waals surface area contributed by atoms with Crippen LogP contribution in [0.3, 0.4) is 0 Å². The molecule has 0 aliphatic rings. The van der Waals surface area contributed by atoms with Gasteiger partial charge in [0.25, 0.3) is 5.56 Å². The molecule has 0 aliphatic heterocycles. The fraction of sp³-hybridized carbons (Fsp3) is 0.154. The van der Waals surface area contributed by atoms with Gasteiger partial charge < -0.3 is 5.32 Å². The lowest BCUT2D eigenvalue weighted by Gasteiger charge is -2.13. The Labute approximate surface area is 190 Å². The standard InChI is InChI=1S/C26H23N5O2/c1-3-18-10-6-8-17(2)25(18)28-24(32)15-30-26(33)23-14-22(29-31(23)16-27-30)21-13-7-11-19-9-4-5-12-20(19)21/h4-14,16H,3,15H2,1-2H3,(H,28,32). The lowest BCUT2D eigenvalue weighted by Crippen LogP contribution is -2.31. The number of nitrogens with one attached hydrogen (secondary N) is 1. The Morgan fingerprint density at radius 2 is 1.82 bits per heavy atom. The fourth-order valence-electron chi connectivity index (χ4n) is 4.15. The molecular formula is C26H23N5O2. The smallest absolute Gasteiger partial charge is 0.293 e. The lowest BCUT2D eigenvalue weighted by atomic mass is 10.0. The molecule has 0 unspecified atom stereocenters. The van der Waals surface area contributed by atoms with Crippen LogP contribution in [-0.4, -0.2) is 25.3 Å². The van der Waals surface area contributed by atoms with Gasteiger partial charge in [0.1, 0.15) is 18.4 Å². The van der Waals surface area contributed by atoms with Gasteiger partial charge in [-0.05, 0) is 41.3 Å². The number of carbonyl (C=O) groups is 1. The largest absolute Gasteiger partial charge is 0.324 e. The highest BCUT2D eigenvalue weighted by atomic mass is 16.2. The van der Waals surface area contributed by atoms with Crippen LogP contribution in [0, 0.1) is 6.92 Å². The Kier molecular flexibility index (Phi) is 5.22. The van der Waals surface area contributed by atoms with E-state index in [0.29, 0.717) is 11.2 Å². The molecular weight excluding hydrogens is 414 g/mol. The predicted octanol–water partition coefficient (Wildman–Crippen LogP) is 4.22. The number of para-hydroxylation sites is 1. The molecule has 1 N–H and O–H groups in total. The Balaban J connectivity index is 1.47. The van der Waals surface area contributed by atoms with Crippen molar-refractivity contribution in [2.24, 2.45) is 0 Å². The number of carbonyl (C=O) groups excluding carboxylic acids is 1. The molecule has 0 atom stereocenters. The Morgan fingerprint density at radius 3 is 2.67 bits per heavy atom. The molecule has 33 heavy (non-hydrogen) atoms. The predicted molar refractivity (Wildman–Crippen MR) is 129 cm³/mol. The van der Waals surface area contributed by atoms with E-state index in [1.165, 1.54) is 15.5 Å². The molecule has 0 fully saturated rings. The Hall–Kier alpha value is -4.26. The van der Waals surface area contributed by atoms with Crippen LogP contribution in [0.5, 0.6) is 0 Å². The number of anilines is 1. The topological polar surface area (TPSA) is 81.3 Å². The highest BCUT2D eigenvalue weighted by Crippen LogP contribution is 2.27. The zero-order valence-corrected chi connectivity index (χ0v) is 18.4. The maximum Gasteiger partial charge on any atom is 0.293 e. The number of amides is 1. The van der Waals surface area contributed by atoms with Gasteiger partial charge in [-0.25, -0.2) is 9.20 Å². The molecule has 2 aromatic heterocycles. The second kappa shape index (κ2) is 8.35. The first-order valence-corrected chi connectivity index (χ1v) is 10.9. The lowest BCUT2D eigenvalue weighted by molar-refractivity contribution is -0.117. The van der Waals surface area contributed by atoms with Gasteiger partial charge in [0.15, 0.2) is 0 Å². The van der Waals surface area contributed by atoms with Crippen LogP contribution in [0.4, 0.5) is 5.69 Å². The fourth-order valence-corrected chi connectivity index (χ4v) is 4.15. The molecule has 0 bridgehead atoms. The van der Waals surface area contributed by atoms with Crippen LogP contribution in [0.1, 0.15) is 18.1 Å². The summed E-state index contributed by atoms with van der Waals surface area (Å²) in [6, 6.07) is 21.7. The van der Waals surface area contributed by atoms with E-state index in [9.17, 15) is 9.59 Å². The second-order valence-corrected chi connectivity index (χ2v) is 7.99. The SMILES string of the molecule is CCc1cccc(C)c1NC(=O)Cn1ncn2nc(-c3cccc4ccccc34)cc2c1=O. The molecule has 0 spiro atoms. The van der Waals surface area contributed by atoms with Crippen LogP contribution in [0.25, 0.3) is 27.5 Å². The average Bonchev–Trinajstić information content (AvgIpc) is 3.27. The first-order valence-electron chi connectivity index (χ1n) is 10.9. The maximum absolute atomic E-state index is 13.1. The molecule has 0 radical (unpaired) electrons. The Bertz CT molecular complexity index is 1560. The summed E-state index contributed by atoms with van der Waals surface area (Å²) in [4.78, 5) is 25.8. The van der Waals surface area contributed by atoms with Gasteiger partial charge in [0, 0.05) is 11.3 Å². The number of rotatable bonds is 5. The quantitative estimate of drug-likeness (QED) is 0.446.